The predicted octanol–water partition coefficient (Wildman–Crippen LogP) is 4.19. The predicted molar refractivity (Wildman–Crippen MR) is 87.5 cm³/mol. The van der Waals surface area contributed by atoms with Crippen LogP contribution >= 0.6 is 0 Å². The molecule has 114 valence electrons. The van der Waals surface area contributed by atoms with E-state index < -0.39 is 0 Å². The first kappa shape index (κ1) is 16.8. The van der Waals surface area contributed by atoms with Crippen LogP contribution in [0.15, 0.2) is 24.3 Å². The van der Waals surface area contributed by atoms with Crippen molar-refractivity contribution in [1.82, 2.24) is 0 Å². The molecule has 0 unspecified atom stereocenters. The highest BCUT2D eigenvalue weighted by molar-refractivity contribution is 5.46. The molecule has 0 aliphatic rings. The fourth-order valence-corrected chi connectivity index (χ4v) is 2.07. The molecule has 3 nitrogen and oxygen atoms in total. The highest BCUT2D eigenvalue weighted by Crippen LogP contribution is 2.16. The number of rotatable bonds is 12. The maximum Gasteiger partial charge on any atom is 0.119 e. The number of nitrogens with one attached hydrogen (secondary N) is 1. The normalized spacial score (nSPS) is 10.5. The van der Waals surface area contributed by atoms with Crippen molar-refractivity contribution in [2.24, 2.45) is 5.73 Å². The Bertz CT molecular complexity index is 324. The topological polar surface area (TPSA) is 47.3 Å². The van der Waals surface area contributed by atoms with Crippen molar-refractivity contribution in [1.29, 1.82) is 0 Å². The van der Waals surface area contributed by atoms with Gasteiger partial charge in [0.05, 0.1) is 6.61 Å². The maximum atomic E-state index is 5.69. The van der Waals surface area contributed by atoms with Gasteiger partial charge >= 0.3 is 0 Å². The van der Waals surface area contributed by atoms with E-state index in [2.05, 4.69) is 24.4 Å². The zero-order chi connectivity index (χ0) is 14.5. The second-order valence-electron chi connectivity index (χ2n) is 5.21. The Morgan fingerprint density at radius 1 is 0.950 bits per heavy atom. The second-order valence-corrected chi connectivity index (χ2v) is 5.21. The summed E-state index contributed by atoms with van der Waals surface area (Å²) in [5.74, 6) is 0.967. The quantitative estimate of drug-likeness (QED) is 0.564. The van der Waals surface area contributed by atoms with Gasteiger partial charge in [-0.05, 0) is 50.1 Å². The maximum absolute atomic E-state index is 5.69. The number of hydrogen-bond donors (Lipinski definition) is 2. The molecule has 1 aromatic rings. The molecule has 0 atom stereocenters. The standard InChI is InChI=1S/C17H30N2O/c1-2-3-8-15-20-17-11-9-16(10-12-17)19-14-7-5-4-6-13-18/h9-12,19H,2-8,13-15,18H2,1H3. The molecule has 0 heterocycles. The highest BCUT2D eigenvalue weighted by atomic mass is 16.5. The molecule has 0 amide bonds. The van der Waals surface area contributed by atoms with Crippen LogP contribution in [0, 0.1) is 0 Å². The Balaban J connectivity index is 2.12. The molecule has 0 spiro atoms. The van der Waals surface area contributed by atoms with E-state index in [0.29, 0.717) is 0 Å². The van der Waals surface area contributed by atoms with Gasteiger partial charge in [0.15, 0.2) is 0 Å². The van der Waals surface area contributed by atoms with Gasteiger partial charge in [0, 0.05) is 12.2 Å². The summed E-state index contributed by atoms with van der Waals surface area (Å²) >= 11 is 0. The van der Waals surface area contributed by atoms with Crippen LogP contribution in [0.3, 0.4) is 0 Å². The van der Waals surface area contributed by atoms with Gasteiger partial charge in [0.1, 0.15) is 5.75 Å². The van der Waals surface area contributed by atoms with E-state index in [0.717, 1.165) is 38.3 Å². The third kappa shape index (κ3) is 8.05. The van der Waals surface area contributed by atoms with Crippen LogP contribution in [0.2, 0.25) is 0 Å². The number of nitrogens with two attached hydrogens (primary N) is 1. The van der Waals surface area contributed by atoms with E-state index >= 15 is 0 Å². The van der Waals surface area contributed by atoms with Gasteiger partial charge in [0.2, 0.25) is 0 Å². The average molecular weight is 278 g/mol. The molecular weight excluding hydrogens is 248 g/mol. The summed E-state index contributed by atoms with van der Waals surface area (Å²) in [6, 6.07) is 8.27. The lowest BCUT2D eigenvalue weighted by molar-refractivity contribution is 0.306. The van der Waals surface area contributed by atoms with Gasteiger partial charge in [0.25, 0.3) is 0 Å². The Morgan fingerprint density at radius 3 is 2.40 bits per heavy atom. The van der Waals surface area contributed by atoms with Crippen molar-refractivity contribution in [3.8, 4) is 5.75 Å². The molecule has 0 aliphatic heterocycles. The molecule has 0 aliphatic carbocycles. The van der Waals surface area contributed by atoms with E-state index in [9.17, 15) is 0 Å². The van der Waals surface area contributed by atoms with Gasteiger partial charge in [-0.25, -0.2) is 0 Å². The van der Waals surface area contributed by atoms with Gasteiger partial charge in [-0.15, -0.1) is 0 Å². The molecule has 0 saturated carbocycles. The van der Waals surface area contributed by atoms with Crippen molar-refractivity contribution >= 4 is 5.69 Å². The van der Waals surface area contributed by atoms with E-state index in [1.54, 1.807) is 0 Å². The first-order valence-electron chi connectivity index (χ1n) is 8.03. The first-order chi connectivity index (χ1) is 9.86. The minimum absolute atomic E-state index is 0.813. The highest BCUT2D eigenvalue weighted by Gasteiger charge is 1.96. The summed E-state index contributed by atoms with van der Waals surface area (Å²) in [6.45, 7) is 4.87. The Kier molecular flexibility index (Phi) is 9.76. The van der Waals surface area contributed by atoms with Gasteiger partial charge in [-0.2, -0.15) is 0 Å². The van der Waals surface area contributed by atoms with E-state index in [1.165, 1.54) is 37.8 Å². The van der Waals surface area contributed by atoms with Crippen LogP contribution in [0.5, 0.6) is 5.75 Å². The molecule has 1 rings (SSSR count). The number of benzene rings is 1. The van der Waals surface area contributed by atoms with Crippen molar-refractivity contribution in [3.05, 3.63) is 24.3 Å². The van der Waals surface area contributed by atoms with Crippen LogP contribution in [0.25, 0.3) is 0 Å². The SMILES string of the molecule is CCCCCOc1ccc(NCCCCCCN)cc1. The summed E-state index contributed by atoms with van der Waals surface area (Å²) < 4.78 is 5.69. The van der Waals surface area contributed by atoms with Gasteiger partial charge in [-0.3, -0.25) is 0 Å². The summed E-state index contributed by atoms with van der Waals surface area (Å²) in [5, 5.41) is 3.44. The van der Waals surface area contributed by atoms with E-state index in [-0.39, 0.29) is 0 Å². The van der Waals surface area contributed by atoms with E-state index in [4.69, 9.17) is 10.5 Å². The molecule has 0 bridgehead atoms. The lowest BCUT2D eigenvalue weighted by atomic mass is 10.2. The molecule has 0 radical (unpaired) electrons. The number of hydrogen-bond acceptors (Lipinski definition) is 3. The van der Waals surface area contributed by atoms with Crippen LogP contribution < -0.4 is 15.8 Å². The summed E-state index contributed by atoms with van der Waals surface area (Å²) in [5.41, 5.74) is 6.64. The summed E-state index contributed by atoms with van der Waals surface area (Å²) in [7, 11) is 0. The lowest BCUT2D eigenvalue weighted by Crippen LogP contribution is -2.03. The molecule has 20 heavy (non-hydrogen) atoms. The number of ether oxygens (including phenoxy) is 1. The minimum atomic E-state index is 0.813. The fourth-order valence-electron chi connectivity index (χ4n) is 2.07. The zero-order valence-electron chi connectivity index (χ0n) is 12.9. The first-order valence-corrected chi connectivity index (χ1v) is 8.03. The average Bonchev–Trinajstić information content (AvgIpc) is 2.49. The van der Waals surface area contributed by atoms with Crippen molar-refractivity contribution < 1.29 is 4.74 Å². The third-order valence-electron chi connectivity index (χ3n) is 3.33. The Morgan fingerprint density at radius 2 is 1.70 bits per heavy atom. The van der Waals surface area contributed by atoms with Crippen molar-refractivity contribution in [2.75, 3.05) is 25.0 Å². The number of anilines is 1. The van der Waals surface area contributed by atoms with Crippen molar-refractivity contribution in [3.63, 3.8) is 0 Å². The molecule has 0 aromatic heterocycles. The fraction of sp³-hybridized carbons (Fsp3) is 0.647. The Hall–Kier alpha value is -1.22. The Labute approximate surface area is 123 Å². The summed E-state index contributed by atoms with van der Waals surface area (Å²) in [6.07, 6.45) is 8.45. The van der Waals surface area contributed by atoms with E-state index in [1.807, 2.05) is 12.1 Å². The second kappa shape index (κ2) is 11.6. The summed E-state index contributed by atoms with van der Waals surface area (Å²) in [4.78, 5) is 0. The van der Waals surface area contributed by atoms with Crippen LogP contribution in [-0.4, -0.2) is 19.7 Å². The van der Waals surface area contributed by atoms with Crippen LogP contribution in [-0.2, 0) is 0 Å². The van der Waals surface area contributed by atoms with Gasteiger partial charge < -0.3 is 15.8 Å². The van der Waals surface area contributed by atoms with Gasteiger partial charge in [-0.1, -0.05) is 32.6 Å². The molecule has 0 fully saturated rings. The molecule has 3 heteroatoms. The number of unbranched alkanes of at least 4 members (excludes halogenated alkanes) is 5. The third-order valence-corrected chi connectivity index (χ3v) is 3.33. The minimum Gasteiger partial charge on any atom is -0.494 e. The molecule has 3 N–H and O–H groups in total. The van der Waals surface area contributed by atoms with Crippen LogP contribution in [0.4, 0.5) is 5.69 Å². The molecular formula is C17H30N2O. The lowest BCUT2D eigenvalue weighted by Gasteiger charge is -2.09. The van der Waals surface area contributed by atoms with Crippen molar-refractivity contribution in [2.45, 2.75) is 51.9 Å². The molecule has 1 aromatic carbocycles. The monoisotopic (exact) mass is 278 g/mol. The largest absolute Gasteiger partial charge is 0.494 e. The van der Waals surface area contributed by atoms with Crippen LogP contribution in [0.1, 0.15) is 51.9 Å². The smallest absolute Gasteiger partial charge is 0.119 e. The zero-order valence-corrected chi connectivity index (χ0v) is 12.9. The molecule has 0 saturated heterocycles.